The maximum absolute atomic E-state index is 13.9. The van der Waals surface area contributed by atoms with Gasteiger partial charge in [0.2, 0.25) is 5.88 Å². The molecule has 0 radical (unpaired) electrons. The minimum Gasteiger partial charge on any atom is -0.436 e. The van der Waals surface area contributed by atoms with Crippen molar-refractivity contribution in [2.75, 3.05) is 0 Å². The van der Waals surface area contributed by atoms with Crippen LogP contribution in [0, 0.1) is 22.9 Å². The van der Waals surface area contributed by atoms with Crippen molar-refractivity contribution in [3.8, 4) is 11.6 Å². The second kappa shape index (κ2) is 5.84. The lowest BCUT2D eigenvalue weighted by Gasteiger charge is -2.10. The van der Waals surface area contributed by atoms with Gasteiger partial charge < -0.3 is 10.5 Å². The maximum Gasteiger partial charge on any atom is 0.275 e. The van der Waals surface area contributed by atoms with Gasteiger partial charge in [-0.1, -0.05) is 0 Å². The molecule has 0 aliphatic carbocycles. The number of nitrogens with zero attached hydrogens (tertiary/aromatic N) is 2. The Kier molecular flexibility index (Phi) is 4.13. The van der Waals surface area contributed by atoms with Gasteiger partial charge in [-0.3, -0.25) is 10.1 Å². The molecule has 0 aliphatic heterocycles. The topological polar surface area (TPSA) is 91.3 Å². The zero-order valence-corrected chi connectivity index (χ0v) is 11.5. The van der Waals surface area contributed by atoms with Crippen LogP contribution in [0.5, 0.6) is 11.6 Å². The highest BCUT2D eigenvalue weighted by Gasteiger charge is 2.17. The Bertz CT molecular complexity index is 689. The van der Waals surface area contributed by atoms with E-state index in [1.165, 1.54) is 19.2 Å². The molecule has 1 heterocycles. The van der Waals surface area contributed by atoms with Crippen LogP contribution in [0.25, 0.3) is 0 Å². The van der Waals surface area contributed by atoms with E-state index in [9.17, 15) is 14.5 Å². The lowest BCUT2D eigenvalue weighted by molar-refractivity contribution is -0.385. The molecule has 2 aromatic rings. The SMILES string of the molecule is Cc1cc(Oc2cc([C@H](C)N)ccn2)c(F)cc1[N+](=O)[O-]. The molecule has 6 nitrogen and oxygen atoms in total. The summed E-state index contributed by atoms with van der Waals surface area (Å²) in [5, 5.41) is 10.7. The number of benzene rings is 1. The van der Waals surface area contributed by atoms with E-state index in [0.717, 1.165) is 11.6 Å². The summed E-state index contributed by atoms with van der Waals surface area (Å²) in [5.41, 5.74) is 6.55. The molecule has 2 N–H and O–H groups in total. The third-order valence-corrected chi connectivity index (χ3v) is 2.95. The van der Waals surface area contributed by atoms with E-state index in [0.29, 0.717) is 5.56 Å². The standard InChI is InChI=1S/C14H14FN3O3/c1-8-5-13(11(15)7-12(8)18(19)20)21-14-6-10(9(2)16)3-4-17-14/h3-7,9H,16H2,1-2H3/t9-/m0/s1. The first kappa shape index (κ1) is 14.9. The number of halogens is 1. The average Bonchev–Trinajstić information content (AvgIpc) is 2.42. The van der Waals surface area contributed by atoms with Gasteiger partial charge in [-0.25, -0.2) is 9.37 Å². The minimum atomic E-state index is -0.819. The summed E-state index contributed by atoms with van der Waals surface area (Å²) in [4.78, 5) is 14.1. The molecule has 2 rings (SSSR count). The first-order chi connectivity index (χ1) is 9.88. The number of ether oxygens (including phenoxy) is 1. The number of hydrogen-bond donors (Lipinski definition) is 1. The van der Waals surface area contributed by atoms with Crippen LogP contribution in [-0.2, 0) is 0 Å². The molecular weight excluding hydrogens is 277 g/mol. The van der Waals surface area contributed by atoms with E-state index in [4.69, 9.17) is 10.5 Å². The number of aromatic nitrogens is 1. The first-order valence-corrected chi connectivity index (χ1v) is 6.22. The molecule has 0 amide bonds. The second-order valence-electron chi connectivity index (χ2n) is 4.64. The van der Waals surface area contributed by atoms with E-state index < -0.39 is 10.7 Å². The minimum absolute atomic E-state index is 0.118. The number of hydrogen-bond acceptors (Lipinski definition) is 5. The van der Waals surface area contributed by atoms with Crippen LogP contribution in [-0.4, -0.2) is 9.91 Å². The van der Waals surface area contributed by atoms with Crippen LogP contribution in [0.1, 0.15) is 24.1 Å². The Morgan fingerprint density at radius 3 is 2.76 bits per heavy atom. The highest BCUT2D eigenvalue weighted by molar-refractivity contribution is 5.46. The molecule has 1 aromatic heterocycles. The number of aryl methyl sites for hydroxylation is 1. The first-order valence-electron chi connectivity index (χ1n) is 6.22. The Labute approximate surface area is 120 Å². The van der Waals surface area contributed by atoms with Crippen molar-refractivity contribution in [2.24, 2.45) is 5.73 Å². The fraction of sp³-hybridized carbons (Fsp3) is 0.214. The predicted molar refractivity (Wildman–Crippen MR) is 74.7 cm³/mol. The van der Waals surface area contributed by atoms with Crippen molar-refractivity contribution < 1.29 is 14.1 Å². The Morgan fingerprint density at radius 2 is 2.14 bits per heavy atom. The highest BCUT2D eigenvalue weighted by atomic mass is 19.1. The second-order valence-corrected chi connectivity index (χ2v) is 4.64. The molecule has 0 aliphatic rings. The van der Waals surface area contributed by atoms with Crippen LogP contribution < -0.4 is 10.5 Å². The molecule has 1 atom stereocenters. The quantitative estimate of drug-likeness (QED) is 0.689. The Balaban J connectivity index is 2.34. The third-order valence-electron chi connectivity index (χ3n) is 2.95. The van der Waals surface area contributed by atoms with Gasteiger partial charge in [-0.15, -0.1) is 0 Å². The van der Waals surface area contributed by atoms with Crippen LogP contribution in [0.15, 0.2) is 30.5 Å². The van der Waals surface area contributed by atoms with Gasteiger partial charge in [0.1, 0.15) is 0 Å². The number of pyridine rings is 1. The summed E-state index contributed by atoms with van der Waals surface area (Å²) in [5.74, 6) is -0.760. The van der Waals surface area contributed by atoms with E-state index in [2.05, 4.69) is 4.98 Å². The highest BCUT2D eigenvalue weighted by Crippen LogP contribution is 2.30. The largest absolute Gasteiger partial charge is 0.436 e. The lowest BCUT2D eigenvalue weighted by atomic mass is 10.1. The summed E-state index contributed by atoms with van der Waals surface area (Å²) in [6.45, 7) is 3.31. The van der Waals surface area contributed by atoms with Crippen molar-refractivity contribution in [1.29, 1.82) is 0 Å². The molecule has 0 bridgehead atoms. The molecule has 0 saturated carbocycles. The predicted octanol–water partition coefficient (Wildman–Crippen LogP) is 3.25. The zero-order chi connectivity index (χ0) is 15.6. The van der Waals surface area contributed by atoms with Crippen LogP contribution in [0.2, 0.25) is 0 Å². The van der Waals surface area contributed by atoms with Gasteiger partial charge in [0, 0.05) is 23.9 Å². The summed E-state index contributed by atoms with van der Waals surface area (Å²) in [6, 6.07) is 5.22. The fourth-order valence-corrected chi connectivity index (χ4v) is 1.80. The van der Waals surface area contributed by atoms with Crippen molar-refractivity contribution in [3.05, 3.63) is 57.5 Å². The van der Waals surface area contributed by atoms with E-state index in [-0.39, 0.29) is 23.4 Å². The molecule has 110 valence electrons. The molecule has 7 heteroatoms. The summed E-state index contributed by atoms with van der Waals surface area (Å²) in [6.07, 6.45) is 1.50. The molecule has 1 aromatic carbocycles. The average molecular weight is 291 g/mol. The van der Waals surface area contributed by atoms with Crippen LogP contribution in [0.4, 0.5) is 10.1 Å². The number of nitro benzene ring substituents is 1. The molecule has 0 fully saturated rings. The number of nitro groups is 1. The Hall–Kier alpha value is -2.54. The molecule has 21 heavy (non-hydrogen) atoms. The van der Waals surface area contributed by atoms with E-state index in [1.807, 2.05) is 0 Å². The van der Waals surface area contributed by atoms with Gasteiger partial charge in [-0.2, -0.15) is 0 Å². The molecular formula is C14H14FN3O3. The van der Waals surface area contributed by atoms with Crippen molar-refractivity contribution in [1.82, 2.24) is 4.98 Å². The van der Waals surface area contributed by atoms with Gasteiger partial charge in [0.15, 0.2) is 11.6 Å². The van der Waals surface area contributed by atoms with Gasteiger partial charge in [0.05, 0.1) is 11.0 Å². The molecule has 0 saturated heterocycles. The van der Waals surface area contributed by atoms with Gasteiger partial charge in [0.25, 0.3) is 5.69 Å². The lowest BCUT2D eigenvalue weighted by Crippen LogP contribution is -2.05. The summed E-state index contributed by atoms with van der Waals surface area (Å²) < 4.78 is 19.2. The molecule has 0 unspecified atom stereocenters. The fourth-order valence-electron chi connectivity index (χ4n) is 1.80. The van der Waals surface area contributed by atoms with Crippen molar-refractivity contribution in [2.45, 2.75) is 19.9 Å². The number of nitrogens with two attached hydrogens (primary N) is 1. The monoisotopic (exact) mass is 291 g/mol. The maximum atomic E-state index is 13.9. The molecule has 0 spiro atoms. The van der Waals surface area contributed by atoms with Crippen LogP contribution in [0.3, 0.4) is 0 Å². The van der Waals surface area contributed by atoms with Crippen LogP contribution >= 0.6 is 0 Å². The van der Waals surface area contributed by atoms with Crippen molar-refractivity contribution >= 4 is 5.69 Å². The summed E-state index contributed by atoms with van der Waals surface area (Å²) >= 11 is 0. The van der Waals surface area contributed by atoms with Crippen molar-refractivity contribution in [3.63, 3.8) is 0 Å². The van der Waals surface area contributed by atoms with Gasteiger partial charge >= 0.3 is 0 Å². The van der Waals surface area contributed by atoms with E-state index >= 15 is 0 Å². The summed E-state index contributed by atoms with van der Waals surface area (Å²) in [7, 11) is 0. The van der Waals surface area contributed by atoms with Gasteiger partial charge in [-0.05, 0) is 31.5 Å². The smallest absolute Gasteiger partial charge is 0.275 e. The Morgan fingerprint density at radius 1 is 1.43 bits per heavy atom. The normalized spacial score (nSPS) is 12.0. The number of rotatable bonds is 4. The third kappa shape index (κ3) is 3.32. The van der Waals surface area contributed by atoms with E-state index in [1.54, 1.807) is 19.1 Å². The zero-order valence-electron chi connectivity index (χ0n) is 11.5.